The highest BCUT2D eigenvalue weighted by atomic mass is 14.9. The van der Waals surface area contributed by atoms with Gasteiger partial charge in [-0.15, -0.1) is 0 Å². The second-order valence-corrected chi connectivity index (χ2v) is 2.75. The molecule has 0 aromatic carbocycles. The van der Waals surface area contributed by atoms with Gasteiger partial charge in [0.2, 0.25) is 0 Å². The van der Waals surface area contributed by atoms with Crippen LogP contribution in [0.4, 0.5) is 0 Å². The van der Waals surface area contributed by atoms with E-state index in [0.717, 1.165) is 0 Å². The van der Waals surface area contributed by atoms with Gasteiger partial charge in [0.05, 0.1) is 0 Å². The molecule has 2 atom stereocenters. The third-order valence-corrected chi connectivity index (χ3v) is 1.80. The molecular weight excluding hydrogens is 110 g/mol. The van der Waals surface area contributed by atoms with Crippen LogP contribution in [0.25, 0.3) is 0 Å². The van der Waals surface area contributed by atoms with Gasteiger partial charge in [0.25, 0.3) is 0 Å². The van der Waals surface area contributed by atoms with Crippen molar-refractivity contribution < 1.29 is 0 Å². The Morgan fingerprint density at radius 3 is 2.89 bits per heavy atom. The van der Waals surface area contributed by atoms with Crippen molar-refractivity contribution in [3.8, 4) is 0 Å². The predicted molar refractivity (Wildman–Crippen MR) is 40.4 cm³/mol. The Labute approximate surface area is 57.1 Å². The molecule has 0 saturated carbocycles. The highest BCUT2D eigenvalue weighted by Crippen LogP contribution is 2.05. The maximum atomic E-state index is 3.48. The van der Waals surface area contributed by atoms with Crippen molar-refractivity contribution in [2.24, 2.45) is 0 Å². The van der Waals surface area contributed by atoms with Crippen molar-refractivity contribution in [1.82, 2.24) is 5.32 Å². The molecule has 9 heavy (non-hydrogen) atoms. The fourth-order valence-electron chi connectivity index (χ4n) is 1.19. The first kappa shape index (κ1) is 6.81. The van der Waals surface area contributed by atoms with E-state index >= 15 is 0 Å². The number of nitrogens with one attached hydrogen (secondary N) is 1. The smallest absolute Gasteiger partial charge is 0.0249 e. The second kappa shape index (κ2) is 3.02. The molecule has 52 valence electrons. The van der Waals surface area contributed by atoms with Crippen LogP contribution >= 0.6 is 0 Å². The number of hydrogen-bond acceptors (Lipinski definition) is 1. The van der Waals surface area contributed by atoms with Gasteiger partial charge in [0.1, 0.15) is 0 Å². The molecule has 0 aromatic rings. The Balaban J connectivity index is 2.39. The zero-order valence-electron chi connectivity index (χ0n) is 6.22. The first-order chi connectivity index (χ1) is 4.33. The monoisotopic (exact) mass is 125 g/mol. The number of rotatable bonds is 1. The van der Waals surface area contributed by atoms with Gasteiger partial charge in [0, 0.05) is 12.1 Å². The van der Waals surface area contributed by atoms with E-state index in [1.54, 1.807) is 0 Å². The van der Waals surface area contributed by atoms with Crippen LogP contribution in [0, 0.1) is 0 Å². The van der Waals surface area contributed by atoms with Gasteiger partial charge in [-0.2, -0.15) is 0 Å². The molecule has 0 saturated heterocycles. The van der Waals surface area contributed by atoms with Gasteiger partial charge in [-0.05, 0) is 19.8 Å². The molecule has 0 radical (unpaired) electrons. The summed E-state index contributed by atoms with van der Waals surface area (Å²) >= 11 is 0. The lowest BCUT2D eigenvalue weighted by Crippen LogP contribution is -2.36. The van der Waals surface area contributed by atoms with E-state index in [4.69, 9.17) is 0 Å². The van der Waals surface area contributed by atoms with E-state index in [1.165, 1.54) is 12.8 Å². The first-order valence-electron chi connectivity index (χ1n) is 3.75. The van der Waals surface area contributed by atoms with Crippen molar-refractivity contribution in [2.75, 3.05) is 0 Å². The molecule has 1 nitrogen and oxygen atoms in total. The Bertz CT molecular complexity index is 107. The normalized spacial score (nSPS) is 34.9. The average Bonchev–Trinajstić information content (AvgIpc) is 1.88. The van der Waals surface area contributed by atoms with E-state index < -0.39 is 0 Å². The maximum Gasteiger partial charge on any atom is 0.0249 e. The molecule has 2 unspecified atom stereocenters. The molecule has 0 spiro atoms. The molecule has 1 N–H and O–H groups in total. The van der Waals surface area contributed by atoms with Crippen molar-refractivity contribution in [1.29, 1.82) is 0 Å². The van der Waals surface area contributed by atoms with Gasteiger partial charge >= 0.3 is 0 Å². The van der Waals surface area contributed by atoms with E-state index in [2.05, 4.69) is 31.3 Å². The highest BCUT2D eigenvalue weighted by molar-refractivity contribution is 4.99. The number of hydrogen-bond donors (Lipinski definition) is 1. The summed E-state index contributed by atoms with van der Waals surface area (Å²) in [6.07, 6.45) is 6.94. The van der Waals surface area contributed by atoms with Gasteiger partial charge in [0.15, 0.2) is 0 Å². The zero-order valence-corrected chi connectivity index (χ0v) is 6.22. The molecule has 0 aromatic heterocycles. The van der Waals surface area contributed by atoms with Crippen LogP contribution in [0.5, 0.6) is 0 Å². The summed E-state index contributed by atoms with van der Waals surface area (Å²) in [5, 5.41) is 3.48. The van der Waals surface area contributed by atoms with E-state index in [9.17, 15) is 0 Å². The minimum atomic E-state index is 0.633. The van der Waals surface area contributed by atoms with Crippen molar-refractivity contribution in [2.45, 2.75) is 38.8 Å². The molecular formula is C8H15N. The summed E-state index contributed by atoms with van der Waals surface area (Å²) in [4.78, 5) is 0. The molecule has 0 aliphatic carbocycles. The molecule has 1 aliphatic rings. The van der Waals surface area contributed by atoms with Crippen molar-refractivity contribution in [3.63, 3.8) is 0 Å². The topological polar surface area (TPSA) is 12.0 Å². The molecule has 0 fully saturated rings. The van der Waals surface area contributed by atoms with Gasteiger partial charge in [-0.25, -0.2) is 0 Å². The largest absolute Gasteiger partial charge is 0.308 e. The van der Waals surface area contributed by atoms with Crippen LogP contribution in [0.3, 0.4) is 0 Å². The summed E-state index contributed by atoms with van der Waals surface area (Å²) < 4.78 is 0. The van der Waals surface area contributed by atoms with Gasteiger partial charge in [-0.1, -0.05) is 19.1 Å². The summed E-state index contributed by atoms with van der Waals surface area (Å²) in [5.74, 6) is 0. The Morgan fingerprint density at radius 2 is 2.44 bits per heavy atom. The molecule has 1 heteroatoms. The van der Waals surface area contributed by atoms with Crippen LogP contribution in [0.15, 0.2) is 12.2 Å². The molecule has 0 bridgehead atoms. The Hall–Kier alpha value is -0.300. The standard InChI is InChI=1S/C8H15N/c1-3-8-6-4-5-7(2)9-8/h4,6-9H,3,5H2,1-2H3. The van der Waals surface area contributed by atoms with Crippen LogP contribution in [-0.2, 0) is 0 Å². The van der Waals surface area contributed by atoms with Crippen LogP contribution < -0.4 is 5.32 Å². The summed E-state index contributed by atoms with van der Waals surface area (Å²) in [7, 11) is 0. The van der Waals surface area contributed by atoms with Gasteiger partial charge in [-0.3, -0.25) is 0 Å². The lowest BCUT2D eigenvalue weighted by atomic mass is 10.1. The fourth-order valence-corrected chi connectivity index (χ4v) is 1.19. The first-order valence-corrected chi connectivity index (χ1v) is 3.75. The quantitative estimate of drug-likeness (QED) is 0.526. The van der Waals surface area contributed by atoms with Crippen molar-refractivity contribution in [3.05, 3.63) is 12.2 Å². The Morgan fingerprint density at radius 1 is 1.67 bits per heavy atom. The lowest BCUT2D eigenvalue weighted by molar-refractivity contribution is 0.469. The summed E-state index contributed by atoms with van der Waals surface area (Å²) in [6.45, 7) is 4.44. The highest BCUT2D eigenvalue weighted by Gasteiger charge is 2.09. The average molecular weight is 125 g/mol. The molecule has 0 amide bonds. The Kier molecular flexibility index (Phi) is 2.29. The third kappa shape index (κ3) is 1.83. The zero-order chi connectivity index (χ0) is 6.69. The fraction of sp³-hybridized carbons (Fsp3) is 0.750. The maximum absolute atomic E-state index is 3.48. The molecule has 1 heterocycles. The van der Waals surface area contributed by atoms with Crippen LogP contribution in [0.2, 0.25) is 0 Å². The molecule has 1 rings (SSSR count). The summed E-state index contributed by atoms with van der Waals surface area (Å²) in [5.41, 5.74) is 0. The van der Waals surface area contributed by atoms with E-state index in [1.807, 2.05) is 0 Å². The van der Waals surface area contributed by atoms with Crippen molar-refractivity contribution >= 4 is 0 Å². The van der Waals surface area contributed by atoms with Crippen LogP contribution in [-0.4, -0.2) is 12.1 Å². The SMILES string of the molecule is CCC1C=CCC(C)N1. The minimum absolute atomic E-state index is 0.633. The van der Waals surface area contributed by atoms with Crippen LogP contribution in [0.1, 0.15) is 26.7 Å². The third-order valence-electron chi connectivity index (χ3n) is 1.80. The second-order valence-electron chi connectivity index (χ2n) is 2.75. The van der Waals surface area contributed by atoms with E-state index in [0.29, 0.717) is 12.1 Å². The van der Waals surface area contributed by atoms with Gasteiger partial charge < -0.3 is 5.32 Å². The van der Waals surface area contributed by atoms with E-state index in [-0.39, 0.29) is 0 Å². The minimum Gasteiger partial charge on any atom is -0.308 e. The lowest BCUT2D eigenvalue weighted by Gasteiger charge is -2.22. The summed E-state index contributed by atoms with van der Waals surface area (Å²) in [6, 6.07) is 1.31. The predicted octanol–water partition coefficient (Wildman–Crippen LogP) is 1.70. The molecule has 1 aliphatic heterocycles.